The number of anilines is 1. The molecule has 3 aromatic rings. The minimum Gasteiger partial charge on any atom is -0.480 e. The van der Waals surface area contributed by atoms with Gasteiger partial charge in [0.05, 0.1) is 23.1 Å². The number of carbonyl (C=O) groups is 3. The van der Waals surface area contributed by atoms with E-state index in [1.165, 1.54) is 31.2 Å². The minimum atomic E-state index is -4.54. The Labute approximate surface area is 215 Å². The highest BCUT2D eigenvalue weighted by atomic mass is 19.4. The molecule has 2 saturated heterocycles. The highest BCUT2D eigenvalue weighted by Gasteiger charge is 2.67. The van der Waals surface area contributed by atoms with Crippen molar-refractivity contribution in [2.45, 2.75) is 31.6 Å². The van der Waals surface area contributed by atoms with Gasteiger partial charge >= 0.3 is 12.1 Å². The Hall–Kier alpha value is -4.18. The zero-order valence-electron chi connectivity index (χ0n) is 20.3. The molecule has 2 aliphatic heterocycles. The number of carboxylic acids is 1. The van der Waals surface area contributed by atoms with Crippen LogP contribution in [0.5, 0.6) is 11.5 Å². The third kappa shape index (κ3) is 4.10. The summed E-state index contributed by atoms with van der Waals surface area (Å²) in [7, 11) is 0. The van der Waals surface area contributed by atoms with Crippen molar-refractivity contribution in [3.05, 3.63) is 89.5 Å². The molecule has 2 heterocycles. The van der Waals surface area contributed by atoms with Crippen molar-refractivity contribution in [1.29, 1.82) is 0 Å². The molecule has 38 heavy (non-hydrogen) atoms. The number of carboxylic acid groups (broad SMARTS) is 1. The SMILES string of the molecule is Cc1ccccc1N1C(=O)C2C(c3cccc(Oc4cccc(C(F)(F)F)c4)c3)NC(C)(C(=O)O)C2C1=O. The first-order valence-corrected chi connectivity index (χ1v) is 11.8. The standard InChI is InChI=1S/C28H23F3N2O5/c1-15-7-3-4-12-20(15)33-24(34)21-22(25(33)35)27(2,26(36)37)32-23(21)16-8-5-10-18(13-16)38-19-11-6-9-17(14-19)28(29,30)31/h3-14,21-23,32H,1-2H3,(H,36,37). The summed E-state index contributed by atoms with van der Waals surface area (Å²) in [5.41, 5.74) is -1.06. The van der Waals surface area contributed by atoms with Crippen LogP contribution in [0.15, 0.2) is 72.8 Å². The number of amides is 2. The van der Waals surface area contributed by atoms with Crippen LogP contribution in [0.1, 0.15) is 29.7 Å². The number of aliphatic carboxylic acids is 1. The molecule has 4 atom stereocenters. The van der Waals surface area contributed by atoms with Gasteiger partial charge in [-0.25, -0.2) is 4.90 Å². The van der Waals surface area contributed by atoms with Gasteiger partial charge in [0.25, 0.3) is 0 Å². The van der Waals surface area contributed by atoms with Crippen molar-refractivity contribution >= 4 is 23.5 Å². The molecule has 2 aliphatic rings. The average Bonchev–Trinajstić information content (AvgIpc) is 3.33. The van der Waals surface area contributed by atoms with E-state index in [2.05, 4.69) is 5.32 Å². The summed E-state index contributed by atoms with van der Waals surface area (Å²) in [5, 5.41) is 13.1. The summed E-state index contributed by atoms with van der Waals surface area (Å²) in [6, 6.07) is 16.7. The quantitative estimate of drug-likeness (QED) is 0.451. The Morgan fingerprint density at radius 1 is 0.974 bits per heavy atom. The molecular formula is C28H23F3N2O5. The van der Waals surface area contributed by atoms with Crippen LogP contribution in [-0.4, -0.2) is 28.4 Å². The molecule has 2 N–H and O–H groups in total. The van der Waals surface area contributed by atoms with Crippen LogP contribution < -0.4 is 15.0 Å². The molecular weight excluding hydrogens is 501 g/mol. The first-order chi connectivity index (χ1) is 17.9. The number of nitrogens with one attached hydrogen (secondary N) is 1. The molecule has 0 saturated carbocycles. The molecule has 0 radical (unpaired) electrons. The van der Waals surface area contributed by atoms with Crippen LogP contribution in [-0.2, 0) is 20.6 Å². The van der Waals surface area contributed by atoms with Crippen molar-refractivity contribution in [2.75, 3.05) is 4.90 Å². The van der Waals surface area contributed by atoms with Crippen molar-refractivity contribution in [3.63, 3.8) is 0 Å². The molecule has 3 aromatic carbocycles. The number of hydrogen-bond acceptors (Lipinski definition) is 5. The zero-order valence-corrected chi connectivity index (χ0v) is 20.3. The van der Waals surface area contributed by atoms with Gasteiger partial charge in [0.1, 0.15) is 17.0 Å². The lowest BCUT2D eigenvalue weighted by Gasteiger charge is -2.27. The lowest BCUT2D eigenvalue weighted by molar-refractivity contribution is -0.147. The molecule has 5 rings (SSSR count). The van der Waals surface area contributed by atoms with E-state index in [4.69, 9.17) is 4.74 Å². The maximum atomic E-state index is 13.7. The lowest BCUT2D eigenvalue weighted by Crippen LogP contribution is -2.53. The fourth-order valence-electron chi connectivity index (χ4n) is 5.32. The van der Waals surface area contributed by atoms with Crippen LogP contribution in [0.3, 0.4) is 0 Å². The normalized spacial score (nSPS) is 25.0. The second-order valence-electron chi connectivity index (χ2n) is 9.63. The minimum absolute atomic E-state index is 0.0394. The van der Waals surface area contributed by atoms with Gasteiger partial charge in [-0.2, -0.15) is 13.2 Å². The summed E-state index contributed by atoms with van der Waals surface area (Å²) in [5.74, 6) is -4.46. The maximum Gasteiger partial charge on any atom is 0.416 e. The van der Waals surface area contributed by atoms with Crippen LogP contribution in [0.25, 0.3) is 0 Å². The Morgan fingerprint density at radius 2 is 1.63 bits per heavy atom. The first kappa shape index (κ1) is 25.5. The molecule has 0 aliphatic carbocycles. The molecule has 7 nitrogen and oxygen atoms in total. The summed E-state index contributed by atoms with van der Waals surface area (Å²) >= 11 is 0. The number of aryl methyl sites for hydroxylation is 1. The Balaban J connectivity index is 1.51. The van der Waals surface area contributed by atoms with Crippen LogP contribution >= 0.6 is 0 Å². The van der Waals surface area contributed by atoms with Gasteiger partial charge in [0.2, 0.25) is 11.8 Å². The van der Waals surface area contributed by atoms with E-state index >= 15 is 0 Å². The number of alkyl halides is 3. The first-order valence-electron chi connectivity index (χ1n) is 11.8. The molecule has 0 spiro atoms. The third-order valence-electron chi connectivity index (χ3n) is 7.20. The second-order valence-corrected chi connectivity index (χ2v) is 9.63. The van der Waals surface area contributed by atoms with Gasteiger partial charge in [0, 0.05) is 6.04 Å². The van der Waals surface area contributed by atoms with Crippen LogP contribution in [0, 0.1) is 18.8 Å². The summed E-state index contributed by atoms with van der Waals surface area (Å²) in [6.45, 7) is 3.13. The lowest BCUT2D eigenvalue weighted by atomic mass is 9.80. The largest absolute Gasteiger partial charge is 0.480 e. The summed E-state index contributed by atoms with van der Waals surface area (Å²) < 4.78 is 45.0. The van der Waals surface area contributed by atoms with E-state index < -0.39 is 52.9 Å². The third-order valence-corrected chi connectivity index (χ3v) is 7.20. The predicted molar refractivity (Wildman–Crippen MR) is 131 cm³/mol. The average molecular weight is 524 g/mol. The maximum absolute atomic E-state index is 13.7. The Kier molecular flexibility index (Phi) is 6.02. The van der Waals surface area contributed by atoms with Gasteiger partial charge in [-0.3, -0.25) is 19.7 Å². The van der Waals surface area contributed by atoms with Gasteiger partial charge in [0.15, 0.2) is 0 Å². The highest BCUT2D eigenvalue weighted by molar-refractivity contribution is 6.24. The molecule has 10 heteroatoms. The molecule has 0 bridgehead atoms. The fourth-order valence-corrected chi connectivity index (χ4v) is 5.32. The van der Waals surface area contributed by atoms with E-state index in [0.29, 0.717) is 16.8 Å². The smallest absolute Gasteiger partial charge is 0.416 e. The molecule has 2 fully saturated rings. The van der Waals surface area contributed by atoms with E-state index in [1.54, 1.807) is 43.3 Å². The zero-order chi connectivity index (χ0) is 27.4. The van der Waals surface area contributed by atoms with Crippen LogP contribution in [0.2, 0.25) is 0 Å². The molecule has 4 unspecified atom stereocenters. The number of para-hydroxylation sites is 1. The Bertz CT molecular complexity index is 1460. The second kappa shape index (κ2) is 8.98. The molecule has 2 amide bonds. The van der Waals surface area contributed by atoms with Crippen molar-refractivity contribution in [2.24, 2.45) is 11.8 Å². The predicted octanol–water partition coefficient (Wildman–Crippen LogP) is 5.10. The van der Waals surface area contributed by atoms with Gasteiger partial charge < -0.3 is 9.84 Å². The van der Waals surface area contributed by atoms with Crippen molar-refractivity contribution in [1.82, 2.24) is 5.32 Å². The fraction of sp³-hybridized carbons (Fsp3) is 0.250. The number of hydrogen-bond donors (Lipinski definition) is 2. The summed E-state index contributed by atoms with van der Waals surface area (Å²) in [6.07, 6.45) is -4.54. The molecule has 196 valence electrons. The highest BCUT2D eigenvalue weighted by Crippen LogP contribution is 2.50. The Morgan fingerprint density at radius 3 is 2.29 bits per heavy atom. The molecule has 0 aromatic heterocycles. The van der Waals surface area contributed by atoms with E-state index in [-0.39, 0.29) is 11.5 Å². The number of ether oxygens (including phenoxy) is 1. The topological polar surface area (TPSA) is 95.9 Å². The number of rotatable bonds is 5. The van der Waals surface area contributed by atoms with Crippen molar-refractivity contribution < 1.29 is 37.4 Å². The number of fused-ring (bicyclic) bond motifs is 1. The van der Waals surface area contributed by atoms with Crippen LogP contribution in [0.4, 0.5) is 18.9 Å². The van der Waals surface area contributed by atoms with Crippen molar-refractivity contribution in [3.8, 4) is 11.5 Å². The number of benzene rings is 3. The van der Waals surface area contributed by atoms with Gasteiger partial charge in [-0.1, -0.05) is 36.4 Å². The summed E-state index contributed by atoms with van der Waals surface area (Å²) in [4.78, 5) is 40.7. The number of halogens is 3. The number of carbonyl (C=O) groups excluding carboxylic acids is 2. The van der Waals surface area contributed by atoms with E-state index in [9.17, 15) is 32.7 Å². The van der Waals surface area contributed by atoms with Gasteiger partial charge in [-0.05, 0) is 61.4 Å². The number of nitrogens with zero attached hydrogens (tertiary/aromatic N) is 1. The van der Waals surface area contributed by atoms with Gasteiger partial charge in [-0.15, -0.1) is 0 Å². The number of imide groups is 1. The van der Waals surface area contributed by atoms with E-state index in [1.807, 2.05) is 0 Å². The van der Waals surface area contributed by atoms with E-state index in [0.717, 1.165) is 17.0 Å². The monoisotopic (exact) mass is 524 g/mol.